The van der Waals surface area contributed by atoms with E-state index in [4.69, 9.17) is 4.42 Å². The van der Waals surface area contributed by atoms with Crippen LogP contribution in [-0.2, 0) is 0 Å². The second-order valence-electron chi connectivity index (χ2n) is 14.1. The summed E-state index contributed by atoms with van der Waals surface area (Å²) in [7, 11) is 0. The van der Waals surface area contributed by atoms with Crippen LogP contribution in [0.4, 0.5) is 17.1 Å². The average Bonchev–Trinajstić information content (AvgIpc) is 3.83. The van der Waals surface area contributed by atoms with E-state index in [1.54, 1.807) is 0 Å². The first-order chi connectivity index (χ1) is 27.2. The Kier molecular flexibility index (Phi) is 7.39. The average molecular weight is 720 g/mol. The van der Waals surface area contributed by atoms with Gasteiger partial charge in [-0.1, -0.05) is 140 Å². The van der Waals surface area contributed by atoms with Crippen molar-refractivity contribution in [1.29, 1.82) is 0 Å². The SMILES string of the molecule is c1cc(-c2ccc(-c3ccc(N(c4ccc5sc6ccccc6c5c4)c4cccc5c4oc4ccccc45)cc3)cc2)cc(-c2ccc3ccccc3c2)c1. The molecule has 0 atom stereocenters. The lowest BCUT2D eigenvalue weighted by atomic mass is 9.96. The molecular weight excluding hydrogens is 687 g/mol. The van der Waals surface area contributed by atoms with Crippen molar-refractivity contribution in [3.63, 3.8) is 0 Å². The summed E-state index contributed by atoms with van der Waals surface area (Å²) in [4.78, 5) is 2.34. The maximum atomic E-state index is 6.60. The van der Waals surface area contributed by atoms with E-state index < -0.39 is 0 Å². The van der Waals surface area contributed by atoms with E-state index in [1.807, 2.05) is 17.4 Å². The Morgan fingerprint density at radius 1 is 0.345 bits per heavy atom. The second-order valence-corrected chi connectivity index (χ2v) is 15.2. The molecule has 0 bridgehead atoms. The van der Waals surface area contributed by atoms with Crippen molar-refractivity contribution < 1.29 is 4.42 Å². The molecule has 2 nitrogen and oxygen atoms in total. The molecule has 2 aromatic heterocycles. The summed E-state index contributed by atoms with van der Waals surface area (Å²) < 4.78 is 9.18. The van der Waals surface area contributed by atoms with Crippen molar-refractivity contribution in [3.8, 4) is 33.4 Å². The van der Waals surface area contributed by atoms with Gasteiger partial charge in [-0.05, 0) is 105 Å². The van der Waals surface area contributed by atoms with Crippen LogP contribution in [0, 0.1) is 0 Å². The van der Waals surface area contributed by atoms with Crippen LogP contribution in [0.3, 0.4) is 0 Å². The molecule has 3 heteroatoms. The Hall–Kier alpha value is -6.94. The molecule has 11 rings (SSSR count). The zero-order valence-corrected chi connectivity index (χ0v) is 30.6. The molecule has 0 unspecified atom stereocenters. The first kappa shape index (κ1) is 31.6. The van der Waals surface area contributed by atoms with Gasteiger partial charge >= 0.3 is 0 Å². The van der Waals surface area contributed by atoms with Crippen LogP contribution < -0.4 is 4.90 Å². The van der Waals surface area contributed by atoms with Crippen molar-refractivity contribution in [2.45, 2.75) is 0 Å². The molecule has 0 spiro atoms. The molecular formula is C52H33NOS. The zero-order chi connectivity index (χ0) is 36.3. The number of benzene rings is 9. The summed E-state index contributed by atoms with van der Waals surface area (Å²) in [6.45, 7) is 0. The van der Waals surface area contributed by atoms with Crippen LogP contribution in [0.1, 0.15) is 0 Å². The number of thiophene rings is 1. The van der Waals surface area contributed by atoms with Gasteiger partial charge in [0, 0.05) is 42.3 Å². The highest BCUT2D eigenvalue weighted by atomic mass is 32.1. The molecule has 55 heavy (non-hydrogen) atoms. The van der Waals surface area contributed by atoms with Crippen LogP contribution in [0.25, 0.3) is 86.3 Å². The highest BCUT2D eigenvalue weighted by Gasteiger charge is 2.20. The maximum Gasteiger partial charge on any atom is 0.159 e. The van der Waals surface area contributed by atoms with Gasteiger partial charge in [-0.25, -0.2) is 0 Å². The van der Waals surface area contributed by atoms with E-state index in [9.17, 15) is 0 Å². The van der Waals surface area contributed by atoms with Gasteiger partial charge in [-0.2, -0.15) is 0 Å². The molecule has 0 aliphatic heterocycles. The molecule has 0 aliphatic rings. The number of anilines is 3. The molecule has 0 aliphatic carbocycles. The lowest BCUT2D eigenvalue weighted by molar-refractivity contribution is 0.669. The van der Waals surface area contributed by atoms with Gasteiger partial charge in [-0.3, -0.25) is 0 Å². The third-order valence-corrected chi connectivity index (χ3v) is 12.0. The van der Waals surface area contributed by atoms with Crippen LogP contribution in [0.15, 0.2) is 205 Å². The monoisotopic (exact) mass is 719 g/mol. The molecule has 0 saturated heterocycles. The van der Waals surface area contributed by atoms with Crippen LogP contribution >= 0.6 is 11.3 Å². The highest BCUT2D eigenvalue weighted by Crippen LogP contribution is 2.45. The predicted molar refractivity (Wildman–Crippen MR) is 235 cm³/mol. The van der Waals surface area contributed by atoms with Crippen molar-refractivity contribution in [2.24, 2.45) is 0 Å². The van der Waals surface area contributed by atoms with E-state index in [-0.39, 0.29) is 0 Å². The Bertz CT molecular complexity index is 3210. The first-order valence-corrected chi connectivity index (χ1v) is 19.5. The third kappa shape index (κ3) is 5.48. The third-order valence-electron chi connectivity index (χ3n) is 10.9. The maximum absolute atomic E-state index is 6.60. The number of para-hydroxylation sites is 2. The van der Waals surface area contributed by atoms with Gasteiger partial charge in [0.15, 0.2) is 5.58 Å². The summed E-state index contributed by atoms with van der Waals surface area (Å²) in [5.74, 6) is 0. The standard InChI is InChI=1S/C52H33NOS/c1-2-10-38-32-41(24-23-34(38)9-1)40-12-7-11-39(31-40)37-21-19-35(20-22-37)36-25-27-42(28-26-36)53(43-29-30-51-47(33-43)45-14-4-6-18-50(45)55-51)48-16-8-15-46-44-13-3-5-17-49(44)54-52(46)48/h1-33H. The van der Waals surface area contributed by atoms with Crippen molar-refractivity contribution in [3.05, 3.63) is 200 Å². The quantitative estimate of drug-likeness (QED) is 0.170. The summed E-state index contributed by atoms with van der Waals surface area (Å²) in [5.41, 5.74) is 12.1. The Labute approximate surface area is 322 Å². The van der Waals surface area contributed by atoms with E-state index in [1.165, 1.54) is 64.3 Å². The van der Waals surface area contributed by atoms with Crippen LogP contribution in [0.5, 0.6) is 0 Å². The Balaban J connectivity index is 0.960. The number of furan rings is 1. The minimum absolute atomic E-state index is 0.878. The second kappa shape index (κ2) is 12.9. The van der Waals surface area contributed by atoms with E-state index in [0.29, 0.717) is 0 Å². The minimum Gasteiger partial charge on any atom is -0.454 e. The van der Waals surface area contributed by atoms with Crippen LogP contribution in [-0.4, -0.2) is 0 Å². The summed E-state index contributed by atoms with van der Waals surface area (Å²) in [6.07, 6.45) is 0. The number of rotatable bonds is 6. The van der Waals surface area contributed by atoms with E-state index in [2.05, 4.69) is 199 Å². The first-order valence-electron chi connectivity index (χ1n) is 18.7. The molecule has 2 heterocycles. The number of nitrogens with zero attached hydrogens (tertiary/aromatic N) is 1. The van der Waals surface area contributed by atoms with Gasteiger partial charge in [0.05, 0.1) is 5.69 Å². The molecule has 258 valence electrons. The molecule has 0 amide bonds. The van der Waals surface area contributed by atoms with Gasteiger partial charge in [0.1, 0.15) is 5.58 Å². The zero-order valence-electron chi connectivity index (χ0n) is 29.8. The highest BCUT2D eigenvalue weighted by molar-refractivity contribution is 7.25. The summed E-state index contributed by atoms with van der Waals surface area (Å²) in [6, 6.07) is 72.2. The van der Waals surface area contributed by atoms with Gasteiger partial charge in [0.2, 0.25) is 0 Å². The van der Waals surface area contributed by atoms with Gasteiger partial charge in [0.25, 0.3) is 0 Å². The molecule has 0 N–H and O–H groups in total. The van der Waals surface area contributed by atoms with E-state index in [0.717, 1.165) is 39.0 Å². The summed E-state index contributed by atoms with van der Waals surface area (Å²) >= 11 is 1.84. The lowest BCUT2D eigenvalue weighted by Gasteiger charge is -2.26. The van der Waals surface area contributed by atoms with Crippen LogP contribution in [0.2, 0.25) is 0 Å². The van der Waals surface area contributed by atoms with Gasteiger partial charge in [-0.15, -0.1) is 11.3 Å². The van der Waals surface area contributed by atoms with Crippen molar-refractivity contribution in [1.82, 2.24) is 0 Å². The summed E-state index contributed by atoms with van der Waals surface area (Å²) in [5, 5.41) is 7.30. The Morgan fingerprint density at radius 3 is 1.76 bits per heavy atom. The van der Waals surface area contributed by atoms with Crippen molar-refractivity contribution >= 4 is 81.3 Å². The lowest BCUT2D eigenvalue weighted by Crippen LogP contribution is -2.10. The molecule has 0 saturated carbocycles. The molecule has 11 aromatic rings. The minimum atomic E-state index is 0.878. The topological polar surface area (TPSA) is 16.4 Å². The van der Waals surface area contributed by atoms with E-state index >= 15 is 0 Å². The number of hydrogen-bond donors (Lipinski definition) is 0. The van der Waals surface area contributed by atoms with Crippen molar-refractivity contribution in [2.75, 3.05) is 4.90 Å². The Morgan fingerprint density at radius 2 is 0.927 bits per heavy atom. The number of hydrogen-bond acceptors (Lipinski definition) is 3. The largest absolute Gasteiger partial charge is 0.454 e. The predicted octanol–water partition coefficient (Wildman–Crippen LogP) is 15.6. The fourth-order valence-electron chi connectivity index (χ4n) is 8.09. The molecule has 0 fully saturated rings. The molecule has 0 radical (unpaired) electrons. The number of fused-ring (bicyclic) bond motifs is 7. The fraction of sp³-hybridized carbons (Fsp3) is 0. The smallest absolute Gasteiger partial charge is 0.159 e. The fourth-order valence-corrected chi connectivity index (χ4v) is 9.18. The normalized spacial score (nSPS) is 11.6. The molecule has 9 aromatic carbocycles. The van der Waals surface area contributed by atoms with Gasteiger partial charge < -0.3 is 9.32 Å².